The molecule has 2 aliphatic rings. The first kappa shape index (κ1) is 21.5. The predicted octanol–water partition coefficient (Wildman–Crippen LogP) is 4.27. The van der Waals surface area contributed by atoms with E-state index in [1.807, 2.05) is 19.9 Å². The van der Waals surface area contributed by atoms with Crippen molar-refractivity contribution in [1.29, 1.82) is 5.26 Å². The molecule has 8 nitrogen and oxygen atoms in total. The van der Waals surface area contributed by atoms with Crippen LogP contribution in [0.1, 0.15) is 74.2 Å². The van der Waals surface area contributed by atoms with Crippen LogP contribution in [0, 0.1) is 17.2 Å². The molecule has 164 valence electrons. The summed E-state index contributed by atoms with van der Waals surface area (Å²) in [7, 11) is -3.68. The molecule has 2 amide bonds. The number of nitrogens with zero attached hydrogens (tertiary/aromatic N) is 4. The van der Waals surface area contributed by atoms with Crippen LogP contribution in [0.2, 0.25) is 0 Å². The van der Waals surface area contributed by atoms with E-state index in [1.54, 1.807) is 0 Å². The number of anilines is 1. The van der Waals surface area contributed by atoms with Gasteiger partial charge in [0.1, 0.15) is 11.6 Å². The number of amides is 2. The topological polar surface area (TPSA) is 126 Å². The van der Waals surface area contributed by atoms with E-state index in [4.69, 9.17) is 5.14 Å². The van der Waals surface area contributed by atoms with Crippen LogP contribution in [0.3, 0.4) is 0 Å². The smallest absolute Gasteiger partial charge is 0.305 e. The highest BCUT2D eigenvalue weighted by molar-refractivity contribution is 7.91. The monoisotopic (exact) mass is 440 g/mol. The normalized spacial score (nSPS) is 18.2. The molecule has 1 aromatic carbocycles. The molecule has 0 radical (unpaired) electrons. The molecule has 2 aromatic rings. The summed E-state index contributed by atoms with van der Waals surface area (Å²) < 4.78 is 18.4. The molecule has 4 rings (SSSR count). The number of urea groups is 1. The first-order valence-corrected chi connectivity index (χ1v) is 12.3. The average Bonchev–Trinajstić information content (AvgIpc) is 3.26. The molecule has 2 atom stereocenters. The van der Waals surface area contributed by atoms with Crippen molar-refractivity contribution in [2.45, 2.75) is 69.9 Å². The van der Waals surface area contributed by atoms with Gasteiger partial charge in [-0.2, -0.15) is 10.4 Å². The van der Waals surface area contributed by atoms with E-state index in [1.165, 1.54) is 29.3 Å². The number of aryl methyl sites for hydroxylation is 1. The van der Waals surface area contributed by atoms with Gasteiger partial charge >= 0.3 is 6.03 Å². The molecule has 1 aromatic heterocycles. The van der Waals surface area contributed by atoms with Crippen LogP contribution in [0.5, 0.6) is 0 Å². The lowest BCUT2D eigenvalue weighted by molar-refractivity contribution is 0.260. The lowest BCUT2D eigenvalue weighted by atomic mass is 9.91. The zero-order chi connectivity index (χ0) is 22.3. The molecule has 1 heterocycles. The molecule has 0 aliphatic heterocycles. The minimum Gasteiger partial charge on any atom is -0.305 e. The number of carbonyl (C=O) groups excluding carboxylic acids is 1. The van der Waals surface area contributed by atoms with E-state index in [-0.39, 0.29) is 16.6 Å². The van der Waals surface area contributed by atoms with Gasteiger partial charge < -0.3 is 5.32 Å². The lowest BCUT2D eigenvalue weighted by Crippen LogP contribution is -2.20. The average molecular weight is 441 g/mol. The second-order valence-electron chi connectivity index (χ2n) is 8.77. The second-order valence-corrected chi connectivity index (χ2v) is 10.5. The first-order chi connectivity index (χ1) is 14.7. The maximum Gasteiger partial charge on any atom is 0.354 e. The standard InChI is InChI=1S/C22H28N6O2S/c1-13(2)28-12-17(11-23)21(26-28)31(24,30)27-22(29)25-20-18(14(3)15-7-8-15)10-9-16-5-4-6-19(16)20/h9-10,12-15H,4-8H2,1-3H3,(H3,24,25,27,29,30)/t14-,31?/m0/s1. The molecule has 9 heteroatoms. The van der Waals surface area contributed by atoms with Gasteiger partial charge in [0.2, 0.25) is 0 Å². The van der Waals surface area contributed by atoms with Crippen molar-refractivity contribution in [1.82, 2.24) is 9.78 Å². The van der Waals surface area contributed by atoms with Gasteiger partial charge in [0, 0.05) is 17.9 Å². The van der Waals surface area contributed by atoms with Crippen molar-refractivity contribution in [3.05, 3.63) is 40.6 Å². The number of rotatable bonds is 5. The van der Waals surface area contributed by atoms with Crippen molar-refractivity contribution in [2.24, 2.45) is 15.4 Å². The minimum atomic E-state index is -3.68. The Bertz CT molecular complexity index is 1200. The van der Waals surface area contributed by atoms with Gasteiger partial charge in [-0.25, -0.2) is 14.1 Å². The second kappa shape index (κ2) is 8.09. The molecule has 0 spiro atoms. The summed E-state index contributed by atoms with van der Waals surface area (Å²) in [6.07, 6.45) is 6.79. The number of nitriles is 1. The maximum atomic E-state index is 13.1. The van der Waals surface area contributed by atoms with Crippen LogP contribution in [0.4, 0.5) is 10.5 Å². The fourth-order valence-corrected chi connectivity index (χ4v) is 5.29. The largest absolute Gasteiger partial charge is 0.354 e. The number of hydrogen-bond acceptors (Lipinski definition) is 4. The van der Waals surface area contributed by atoms with Crippen molar-refractivity contribution in [2.75, 3.05) is 5.32 Å². The number of benzene rings is 1. The summed E-state index contributed by atoms with van der Waals surface area (Å²) in [6.45, 7) is 5.93. The molecule has 1 saturated carbocycles. The molecule has 1 unspecified atom stereocenters. The van der Waals surface area contributed by atoms with E-state index in [9.17, 15) is 14.3 Å². The van der Waals surface area contributed by atoms with Crippen molar-refractivity contribution in [3.63, 3.8) is 0 Å². The fraction of sp³-hybridized carbons (Fsp3) is 0.500. The number of hydrogen-bond donors (Lipinski definition) is 2. The zero-order valence-corrected chi connectivity index (χ0v) is 18.9. The summed E-state index contributed by atoms with van der Waals surface area (Å²) >= 11 is 0. The third-order valence-corrected chi connectivity index (χ3v) is 7.50. The Morgan fingerprint density at radius 3 is 2.74 bits per heavy atom. The molecule has 2 aliphatic carbocycles. The van der Waals surface area contributed by atoms with Crippen LogP contribution in [-0.4, -0.2) is 20.0 Å². The fourth-order valence-electron chi connectivity index (χ4n) is 4.29. The Labute approximate surface area is 183 Å². The van der Waals surface area contributed by atoms with Crippen molar-refractivity contribution >= 4 is 21.6 Å². The van der Waals surface area contributed by atoms with Gasteiger partial charge in [0.15, 0.2) is 14.9 Å². The van der Waals surface area contributed by atoms with Gasteiger partial charge in [0.25, 0.3) is 0 Å². The maximum absolute atomic E-state index is 13.1. The Morgan fingerprint density at radius 1 is 1.35 bits per heavy atom. The summed E-state index contributed by atoms with van der Waals surface area (Å²) in [5.41, 5.74) is 4.31. The highest BCUT2D eigenvalue weighted by Gasteiger charge is 2.32. The Hall–Kier alpha value is -2.70. The van der Waals surface area contributed by atoms with Crippen molar-refractivity contribution in [3.8, 4) is 6.07 Å². The molecule has 31 heavy (non-hydrogen) atoms. The molecule has 3 N–H and O–H groups in total. The third-order valence-electron chi connectivity index (χ3n) is 6.21. The highest BCUT2D eigenvalue weighted by atomic mass is 32.2. The van der Waals surface area contributed by atoms with Crippen LogP contribution in [0.15, 0.2) is 27.7 Å². The van der Waals surface area contributed by atoms with E-state index >= 15 is 0 Å². The van der Waals surface area contributed by atoms with Crippen LogP contribution in [0.25, 0.3) is 0 Å². The van der Waals surface area contributed by atoms with E-state index in [2.05, 4.69) is 33.8 Å². The van der Waals surface area contributed by atoms with Crippen LogP contribution < -0.4 is 10.5 Å². The Morgan fingerprint density at radius 2 is 2.10 bits per heavy atom. The molecule has 0 saturated heterocycles. The first-order valence-electron chi connectivity index (χ1n) is 10.7. The van der Waals surface area contributed by atoms with Gasteiger partial charge in [-0.3, -0.25) is 4.68 Å². The Balaban J connectivity index is 1.69. The third kappa shape index (κ3) is 4.23. The number of aromatic nitrogens is 2. The summed E-state index contributed by atoms with van der Waals surface area (Å²) in [4.78, 5) is 12.8. The summed E-state index contributed by atoms with van der Waals surface area (Å²) in [6, 6.07) is 5.37. The summed E-state index contributed by atoms with van der Waals surface area (Å²) in [5.74, 6) is 0.958. The Kier molecular flexibility index (Phi) is 5.62. The minimum absolute atomic E-state index is 0.0525. The van der Waals surface area contributed by atoms with Crippen LogP contribution >= 0.6 is 0 Å². The van der Waals surface area contributed by atoms with Crippen molar-refractivity contribution < 1.29 is 9.00 Å². The predicted molar refractivity (Wildman–Crippen MR) is 119 cm³/mol. The summed E-state index contributed by atoms with van der Waals surface area (Å²) in [5, 5.41) is 22.2. The van der Waals surface area contributed by atoms with Crippen LogP contribution in [-0.2, 0) is 22.8 Å². The van der Waals surface area contributed by atoms with Gasteiger partial charge in [-0.1, -0.05) is 19.1 Å². The quantitative estimate of drug-likeness (QED) is 0.720. The lowest BCUT2D eigenvalue weighted by Gasteiger charge is -2.19. The number of fused-ring (bicyclic) bond motifs is 1. The van der Waals surface area contributed by atoms with E-state index < -0.39 is 15.9 Å². The molecular formula is C22H28N6O2S. The van der Waals surface area contributed by atoms with Gasteiger partial charge in [-0.05, 0) is 74.5 Å². The zero-order valence-electron chi connectivity index (χ0n) is 18.1. The molecular weight excluding hydrogens is 412 g/mol. The number of nitrogens with two attached hydrogens (primary N) is 1. The number of nitrogens with one attached hydrogen (secondary N) is 1. The van der Waals surface area contributed by atoms with E-state index in [0.29, 0.717) is 11.8 Å². The highest BCUT2D eigenvalue weighted by Crippen LogP contribution is 2.46. The molecule has 0 bridgehead atoms. The van der Waals surface area contributed by atoms with E-state index in [0.717, 1.165) is 36.1 Å². The van der Waals surface area contributed by atoms with Gasteiger partial charge in [-0.15, -0.1) is 4.36 Å². The SMILES string of the molecule is CC(C)n1cc(C#N)c(S(N)(=O)=NC(=O)Nc2c([C@@H](C)C3CC3)ccc3c2CCC3)n1. The molecule has 1 fully saturated rings. The number of carbonyl (C=O) groups is 1. The van der Waals surface area contributed by atoms with Gasteiger partial charge in [0.05, 0.1) is 0 Å².